The van der Waals surface area contributed by atoms with Crippen LogP contribution in [0.1, 0.15) is 11.1 Å². The van der Waals surface area contributed by atoms with Crippen LogP contribution in [0, 0.1) is 0 Å². The predicted octanol–water partition coefficient (Wildman–Crippen LogP) is 4.54. The minimum absolute atomic E-state index is 0.0523. The average molecular weight is 362 g/mol. The van der Waals surface area contributed by atoms with Crippen LogP contribution in [-0.4, -0.2) is 17.2 Å². The first-order valence-electron chi connectivity index (χ1n) is 4.87. The monoisotopic (exact) mass is 360 g/mol. The number of halogens is 5. The van der Waals surface area contributed by atoms with Crippen molar-refractivity contribution in [3.05, 3.63) is 29.3 Å². The second-order valence-electron chi connectivity index (χ2n) is 3.46. The first kappa shape index (κ1) is 15.9. The molecule has 0 radical (unpaired) electrons. The number of rotatable bonds is 5. The van der Waals surface area contributed by atoms with Crippen molar-refractivity contribution >= 4 is 45.1 Å². The molecule has 0 bridgehead atoms. The van der Waals surface area contributed by atoms with E-state index in [4.69, 9.17) is 11.6 Å². The number of carbonyl (C=O) groups is 1. The zero-order valence-corrected chi connectivity index (χ0v) is 12.2. The maximum absolute atomic E-state index is 12.2. The van der Waals surface area contributed by atoms with Gasteiger partial charge >= 0.3 is 5.51 Å². The molecule has 1 aromatic carbocycles. The highest BCUT2D eigenvalue weighted by molar-refractivity contribution is 9.08. The Balaban J connectivity index is 2.98. The second kappa shape index (κ2) is 6.82. The van der Waals surface area contributed by atoms with Crippen LogP contribution in [-0.2, 0) is 16.5 Å². The summed E-state index contributed by atoms with van der Waals surface area (Å²) in [5.74, 6) is -0.355. The van der Waals surface area contributed by atoms with E-state index in [1.807, 2.05) is 0 Å². The molecule has 0 aliphatic rings. The fourth-order valence-electron chi connectivity index (χ4n) is 1.35. The van der Waals surface area contributed by atoms with Crippen LogP contribution in [0.2, 0.25) is 0 Å². The summed E-state index contributed by atoms with van der Waals surface area (Å²) in [4.78, 5) is 11.3. The summed E-state index contributed by atoms with van der Waals surface area (Å²) < 4.78 is 36.7. The predicted molar refractivity (Wildman–Crippen MR) is 70.4 cm³/mol. The number of hydrogen-bond donors (Lipinski definition) is 0. The summed E-state index contributed by atoms with van der Waals surface area (Å²) in [7, 11) is 0. The second-order valence-corrected chi connectivity index (χ2v) is 5.43. The summed E-state index contributed by atoms with van der Waals surface area (Å²) in [6.45, 7) is 0. The third-order valence-corrected chi connectivity index (χ3v) is 3.72. The zero-order valence-electron chi connectivity index (χ0n) is 9.06. The van der Waals surface area contributed by atoms with Crippen molar-refractivity contribution < 1.29 is 18.0 Å². The van der Waals surface area contributed by atoms with Gasteiger partial charge in [-0.1, -0.05) is 22.0 Å². The van der Waals surface area contributed by atoms with Crippen molar-refractivity contribution in [2.45, 2.75) is 22.2 Å². The summed E-state index contributed by atoms with van der Waals surface area (Å²) in [6.07, 6.45) is 0.0523. The lowest BCUT2D eigenvalue weighted by Gasteiger charge is -2.10. The highest BCUT2D eigenvalue weighted by Crippen LogP contribution is 2.37. The summed E-state index contributed by atoms with van der Waals surface area (Å²) in [5.41, 5.74) is -2.96. The van der Waals surface area contributed by atoms with Crippen molar-refractivity contribution in [3.63, 3.8) is 0 Å². The van der Waals surface area contributed by atoms with Gasteiger partial charge in [0.15, 0.2) is 5.78 Å². The molecule has 0 spiro atoms. The zero-order chi connectivity index (χ0) is 13.8. The normalized spacial score (nSPS) is 11.6. The maximum atomic E-state index is 12.2. The fourth-order valence-corrected chi connectivity index (χ4v) is 2.60. The Morgan fingerprint density at radius 3 is 2.50 bits per heavy atom. The number of alkyl halides is 5. The van der Waals surface area contributed by atoms with Crippen molar-refractivity contribution in [2.24, 2.45) is 0 Å². The van der Waals surface area contributed by atoms with Crippen LogP contribution < -0.4 is 0 Å². The minimum Gasteiger partial charge on any atom is -0.298 e. The smallest absolute Gasteiger partial charge is 0.298 e. The van der Waals surface area contributed by atoms with Crippen LogP contribution in [0.4, 0.5) is 13.2 Å². The van der Waals surface area contributed by atoms with Gasteiger partial charge < -0.3 is 0 Å². The van der Waals surface area contributed by atoms with Crippen molar-refractivity contribution in [2.75, 3.05) is 5.88 Å². The molecule has 1 aromatic rings. The quantitative estimate of drug-likeness (QED) is 0.565. The molecule has 7 heteroatoms. The van der Waals surface area contributed by atoms with Gasteiger partial charge in [0, 0.05) is 16.6 Å². The Hall–Kier alpha value is -0.200. The Morgan fingerprint density at radius 2 is 2.00 bits per heavy atom. The van der Waals surface area contributed by atoms with E-state index in [0.717, 1.165) is 5.56 Å². The first-order chi connectivity index (χ1) is 8.35. The molecule has 0 heterocycles. The highest BCUT2D eigenvalue weighted by atomic mass is 79.9. The fraction of sp³-hybridized carbons (Fsp3) is 0.364. The van der Waals surface area contributed by atoms with Gasteiger partial charge in [-0.2, -0.15) is 13.2 Å². The molecule has 0 aliphatic heterocycles. The molecule has 18 heavy (non-hydrogen) atoms. The molecule has 0 atom stereocenters. The molecule has 0 aromatic heterocycles. The van der Waals surface area contributed by atoms with E-state index in [2.05, 4.69) is 15.9 Å². The van der Waals surface area contributed by atoms with Crippen LogP contribution in [0.25, 0.3) is 0 Å². The molecular weight excluding hydrogens is 353 g/mol. The molecule has 0 fully saturated rings. The molecular formula is C11H9BrClF3OS. The summed E-state index contributed by atoms with van der Waals surface area (Å²) >= 11 is 8.44. The molecule has 0 saturated carbocycles. The molecule has 0 unspecified atom stereocenters. The van der Waals surface area contributed by atoms with E-state index in [9.17, 15) is 18.0 Å². The highest BCUT2D eigenvalue weighted by Gasteiger charge is 2.29. The number of Topliss-reactive ketones (excluding diaryl/α,β-unsaturated/α-hetero) is 1. The summed E-state index contributed by atoms with van der Waals surface area (Å²) in [6, 6.07) is 4.36. The molecule has 0 saturated heterocycles. The Labute approximate surface area is 120 Å². The Morgan fingerprint density at radius 1 is 1.33 bits per heavy atom. The van der Waals surface area contributed by atoms with Gasteiger partial charge in [-0.05, 0) is 35.0 Å². The lowest BCUT2D eigenvalue weighted by Crippen LogP contribution is -2.06. The third kappa shape index (κ3) is 5.20. The van der Waals surface area contributed by atoms with E-state index < -0.39 is 5.51 Å². The molecule has 0 amide bonds. The van der Waals surface area contributed by atoms with Crippen LogP contribution in [0.3, 0.4) is 0 Å². The standard InChI is InChI=1S/C11H9BrClF3OS/c12-5-7-1-2-10(18-11(14,15)16)4-8(7)3-9(17)6-13/h1-2,4H,3,5-6H2. The number of benzene rings is 1. The van der Waals surface area contributed by atoms with Crippen LogP contribution in [0.5, 0.6) is 0 Å². The largest absolute Gasteiger partial charge is 0.446 e. The van der Waals surface area contributed by atoms with E-state index >= 15 is 0 Å². The van der Waals surface area contributed by atoms with Crippen molar-refractivity contribution in [1.29, 1.82) is 0 Å². The average Bonchev–Trinajstić information content (AvgIpc) is 2.27. The van der Waals surface area contributed by atoms with Crippen LogP contribution in [0.15, 0.2) is 23.1 Å². The molecule has 0 N–H and O–H groups in total. The van der Waals surface area contributed by atoms with Gasteiger partial charge in [0.2, 0.25) is 0 Å². The van der Waals surface area contributed by atoms with Crippen molar-refractivity contribution in [3.8, 4) is 0 Å². The number of carbonyl (C=O) groups excluding carboxylic acids is 1. The topological polar surface area (TPSA) is 17.1 Å². The van der Waals surface area contributed by atoms with Gasteiger partial charge in [-0.25, -0.2) is 0 Å². The van der Waals surface area contributed by atoms with Gasteiger partial charge in [-0.3, -0.25) is 4.79 Å². The lowest BCUT2D eigenvalue weighted by molar-refractivity contribution is -0.116. The minimum atomic E-state index is -4.33. The number of thioether (sulfide) groups is 1. The molecule has 1 rings (SSSR count). The van der Waals surface area contributed by atoms with E-state index in [1.54, 1.807) is 6.07 Å². The number of ketones is 1. The molecule has 1 nitrogen and oxygen atoms in total. The third-order valence-electron chi connectivity index (χ3n) is 2.09. The van der Waals surface area contributed by atoms with Gasteiger partial charge in [0.05, 0.1) is 5.88 Å². The van der Waals surface area contributed by atoms with Gasteiger partial charge in [0.25, 0.3) is 0 Å². The van der Waals surface area contributed by atoms with Gasteiger partial charge in [-0.15, -0.1) is 11.6 Å². The maximum Gasteiger partial charge on any atom is 0.446 e. The van der Waals surface area contributed by atoms with Crippen LogP contribution >= 0.6 is 39.3 Å². The number of hydrogen-bond acceptors (Lipinski definition) is 2. The van der Waals surface area contributed by atoms with Crippen molar-refractivity contribution in [1.82, 2.24) is 0 Å². The first-order valence-corrected chi connectivity index (χ1v) is 7.34. The van der Waals surface area contributed by atoms with Gasteiger partial charge in [0.1, 0.15) is 0 Å². The SMILES string of the molecule is O=C(CCl)Cc1cc(SC(F)(F)F)ccc1CBr. The lowest BCUT2D eigenvalue weighted by atomic mass is 10.0. The molecule has 100 valence electrons. The van der Waals surface area contributed by atoms with E-state index in [1.165, 1.54) is 12.1 Å². The van der Waals surface area contributed by atoms with E-state index in [0.29, 0.717) is 10.9 Å². The Bertz CT molecular complexity index is 437. The van der Waals surface area contributed by atoms with E-state index in [-0.39, 0.29) is 34.7 Å². The molecule has 0 aliphatic carbocycles. The Kier molecular flexibility index (Phi) is 6.01. The summed E-state index contributed by atoms with van der Waals surface area (Å²) in [5, 5.41) is 0.481.